The molecule has 0 unspecified atom stereocenters. The maximum Gasteiger partial charge on any atom is 0.256 e. The van der Waals surface area contributed by atoms with Crippen LogP contribution in [0.2, 0.25) is 0 Å². The van der Waals surface area contributed by atoms with Crippen LogP contribution in [-0.4, -0.2) is 61.0 Å². The van der Waals surface area contributed by atoms with E-state index in [4.69, 9.17) is 9.47 Å². The maximum absolute atomic E-state index is 14.0. The zero-order valence-electron chi connectivity index (χ0n) is 18.1. The molecule has 1 saturated heterocycles. The Morgan fingerprint density at radius 2 is 1.61 bits per heavy atom. The number of nitrogens with zero attached hydrogens (tertiary/aromatic N) is 2. The summed E-state index contributed by atoms with van der Waals surface area (Å²) in [4.78, 5) is 29.2. The van der Waals surface area contributed by atoms with Gasteiger partial charge in [-0.2, -0.15) is 0 Å². The Morgan fingerprint density at radius 1 is 0.903 bits per heavy atom. The number of halogens is 1. The molecule has 1 fully saturated rings. The summed E-state index contributed by atoms with van der Waals surface area (Å²) in [7, 11) is 0. The lowest BCUT2D eigenvalue weighted by Gasteiger charge is -2.23. The molecule has 1 heterocycles. The van der Waals surface area contributed by atoms with Gasteiger partial charge in [0.1, 0.15) is 5.82 Å². The number of carbonyl (C=O) groups is 2. The van der Waals surface area contributed by atoms with Crippen molar-refractivity contribution in [3.05, 3.63) is 59.4 Å². The lowest BCUT2D eigenvalue weighted by Crippen LogP contribution is -2.37. The normalized spacial score (nSPS) is 14.2. The minimum absolute atomic E-state index is 0.0614. The fourth-order valence-corrected chi connectivity index (χ4v) is 3.55. The first kappa shape index (κ1) is 22.6. The van der Waals surface area contributed by atoms with Crippen molar-refractivity contribution >= 4 is 11.8 Å². The maximum atomic E-state index is 14.0. The topological polar surface area (TPSA) is 59.1 Å². The van der Waals surface area contributed by atoms with Gasteiger partial charge in [0.15, 0.2) is 11.5 Å². The van der Waals surface area contributed by atoms with Crippen molar-refractivity contribution in [2.24, 2.45) is 0 Å². The van der Waals surface area contributed by atoms with Crippen LogP contribution >= 0.6 is 0 Å². The minimum Gasteiger partial charge on any atom is -0.490 e. The van der Waals surface area contributed by atoms with Crippen LogP contribution in [0.25, 0.3) is 0 Å². The Hall–Kier alpha value is -3.09. The van der Waals surface area contributed by atoms with E-state index in [1.54, 1.807) is 40.1 Å². The fourth-order valence-electron chi connectivity index (χ4n) is 3.55. The molecular weight excluding hydrogens is 399 g/mol. The predicted molar refractivity (Wildman–Crippen MR) is 116 cm³/mol. The molecule has 0 atom stereocenters. The Kier molecular flexibility index (Phi) is 7.87. The number of benzene rings is 2. The average Bonchev–Trinajstić information content (AvgIpc) is 3.04. The zero-order chi connectivity index (χ0) is 22.2. The molecule has 6 nitrogen and oxygen atoms in total. The summed E-state index contributed by atoms with van der Waals surface area (Å²) in [6, 6.07) is 11.2. The van der Waals surface area contributed by atoms with Crippen molar-refractivity contribution < 1.29 is 23.5 Å². The zero-order valence-corrected chi connectivity index (χ0v) is 18.1. The molecule has 1 aliphatic rings. The summed E-state index contributed by atoms with van der Waals surface area (Å²) in [6.07, 6.45) is 1.50. The van der Waals surface area contributed by atoms with Crippen LogP contribution in [0, 0.1) is 5.82 Å². The van der Waals surface area contributed by atoms with Crippen LogP contribution in [0.3, 0.4) is 0 Å². The number of rotatable bonds is 7. The highest BCUT2D eigenvalue weighted by molar-refractivity contribution is 5.96. The molecule has 1 aliphatic heterocycles. The van der Waals surface area contributed by atoms with Gasteiger partial charge in [0.05, 0.1) is 18.8 Å². The summed E-state index contributed by atoms with van der Waals surface area (Å²) < 4.78 is 25.4. The third-order valence-corrected chi connectivity index (χ3v) is 5.13. The second-order valence-corrected chi connectivity index (χ2v) is 7.36. The highest BCUT2D eigenvalue weighted by Crippen LogP contribution is 2.29. The van der Waals surface area contributed by atoms with Crippen molar-refractivity contribution in [1.82, 2.24) is 9.80 Å². The van der Waals surface area contributed by atoms with Gasteiger partial charge < -0.3 is 19.3 Å². The van der Waals surface area contributed by atoms with E-state index in [2.05, 4.69) is 0 Å². The molecule has 2 aromatic carbocycles. The standard InChI is InChI=1S/C24H29FN2O4/c1-3-16-31-21-11-10-18(17-22(21)30-4-2)23(28)26-12-7-13-27(15-14-26)24(29)19-8-5-6-9-20(19)25/h5-6,8-11,17H,3-4,7,12-16H2,1-2H3. The van der Waals surface area contributed by atoms with Crippen LogP contribution in [0.5, 0.6) is 11.5 Å². The van der Waals surface area contributed by atoms with Gasteiger partial charge in [-0.25, -0.2) is 4.39 Å². The smallest absolute Gasteiger partial charge is 0.256 e. The van der Waals surface area contributed by atoms with Crippen LogP contribution in [0.4, 0.5) is 4.39 Å². The molecule has 0 spiro atoms. The number of hydrogen-bond acceptors (Lipinski definition) is 4. The van der Waals surface area contributed by atoms with Crippen molar-refractivity contribution in [2.75, 3.05) is 39.4 Å². The molecule has 0 radical (unpaired) electrons. The lowest BCUT2D eigenvalue weighted by atomic mass is 10.1. The molecule has 2 amide bonds. The van der Waals surface area contributed by atoms with E-state index in [0.29, 0.717) is 62.9 Å². The van der Waals surface area contributed by atoms with E-state index in [1.165, 1.54) is 12.1 Å². The second kappa shape index (κ2) is 10.8. The SMILES string of the molecule is CCCOc1ccc(C(=O)N2CCCN(C(=O)c3ccccc3F)CC2)cc1OCC. The van der Waals surface area contributed by atoms with Crippen LogP contribution < -0.4 is 9.47 Å². The first-order valence-corrected chi connectivity index (χ1v) is 10.8. The summed E-state index contributed by atoms with van der Waals surface area (Å²) in [5.74, 6) is 0.177. The molecule has 3 rings (SSSR count). The molecule has 31 heavy (non-hydrogen) atoms. The molecular formula is C24H29FN2O4. The van der Waals surface area contributed by atoms with Gasteiger partial charge in [-0.05, 0) is 50.1 Å². The van der Waals surface area contributed by atoms with Gasteiger partial charge in [-0.15, -0.1) is 0 Å². The third kappa shape index (κ3) is 5.54. The third-order valence-electron chi connectivity index (χ3n) is 5.13. The van der Waals surface area contributed by atoms with Gasteiger partial charge in [0, 0.05) is 31.7 Å². The number of ether oxygens (including phenoxy) is 2. The first-order chi connectivity index (χ1) is 15.0. The lowest BCUT2D eigenvalue weighted by molar-refractivity contribution is 0.0716. The second-order valence-electron chi connectivity index (χ2n) is 7.36. The van der Waals surface area contributed by atoms with Gasteiger partial charge >= 0.3 is 0 Å². The van der Waals surface area contributed by atoms with Gasteiger partial charge in [-0.3, -0.25) is 9.59 Å². The summed E-state index contributed by atoms with van der Waals surface area (Å²) in [5, 5.41) is 0. The van der Waals surface area contributed by atoms with E-state index in [0.717, 1.165) is 6.42 Å². The van der Waals surface area contributed by atoms with Crippen LogP contribution in [0.15, 0.2) is 42.5 Å². The number of carbonyl (C=O) groups excluding carboxylic acids is 2. The molecule has 0 N–H and O–H groups in total. The van der Waals surface area contributed by atoms with Gasteiger partial charge in [0.25, 0.3) is 11.8 Å². The summed E-state index contributed by atoms with van der Waals surface area (Å²) in [5.41, 5.74) is 0.576. The van der Waals surface area contributed by atoms with E-state index < -0.39 is 5.82 Å². The minimum atomic E-state index is -0.529. The molecule has 166 valence electrons. The van der Waals surface area contributed by atoms with E-state index in [9.17, 15) is 14.0 Å². The largest absolute Gasteiger partial charge is 0.490 e. The Bertz CT molecular complexity index is 918. The van der Waals surface area contributed by atoms with Crippen molar-refractivity contribution in [2.45, 2.75) is 26.7 Å². The van der Waals surface area contributed by atoms with E-state index in [-0.39, 0.29) is 17.4 Å². The molecule has 0 saturated carbocycles. The summed E-state index contributed by atoms with van der Waals surface area (Å²) in [6.45, 7) is 6.70. The highest BCUT2D eigenvalue weighted by atomic mass is 19.1. The Morgan fingerprint density at radius 3 is 2.29 bits per heavy atom. The first-order valence-electron chi connectivity index (χ1n) is 10.8. The predicted octanol–water partition coefficient (Wildman–Crippen LogP) is 4.00. The summed E-state index contributed by atoms with van der Waals surface area (Å²) >= 11 is 0. The average molecular weight is 429 g/mol. The Balaban J connectivity index is 1.69. The molecule has 7 heteroatoms. The van der Waals surface area contributed by atoms with Crippen LogP contribution in [-0.2, 0) is 0 Å². The monoisotopic (exact) mass is 428 g/mol. The molecule has 0 aliphatic carbocycles. The van der Waals surface area contributed by atoms with Crippen molar-refractivity contribution in [3.63, 3.8) is 0 Å². The van der Waals surface area contributed by atoms with Crippen molar-refractivity contribution in [1.29, 1.82) is 0 Å². The fraction of sp³-hybridized carbons (Fsp3) is 0.417. The van der Waals surface area contributed by atoms with E-state index in [1.807, 2.05) is 13.8 Å². The highest BCUT2D eigenvalue weighted by Gasteiger charge is 2.25. The molecule has 2 aromatic rings. The Labute approximate surface area is 182 Å². The quantitative estimate of drug-likeness (QED) is 0.669. The molecule has 0 aromatic heterocycles. The van der Waals surface area contributed by atoms with Crippen LogP contribution in [0.1, 0.15) is 47.4 Å². The number of amides is 2. The number of hydrogen-bond donors (Lipinski definition) is 0. The molecule has 0 bridgehead atoms. The van der Waals surface area contributed by atoms with Gasteiger partial charge in [0.2, 0.25) is 0 Å². The van der Waals surface area contributed by atoms with E-state index >= 15 is 0 Å². The van der Waals surface area contributed by atoms with Gasteiger partial charge in [-0.1, -0.05) is 19.1 Å². The van der Waals surface area contributed by atoms with Crippen molar-refractivity contribution in [3.8, 4) is 11.5 Å².